The maximum Gasteiger partial charge on any atom is 0.387 e. The van der Waals surface area contributed by atoms with Gasteiger partial charge in [-0.05, 0) is 58.0 Å². The number of benzene rings is 1. The van der Waals surface area contributed by atoms with Crippen molar-refractivity contribution in [2.75, 3.05) is 0 Å². The molecule has 0 bridgehead atoms. The number of hydrogen-bond acceptors (Lipinski definition) is 8. The molecule has 32 heavy (non-hydrogen) atoms. The molecule has 0 radical (unpaired) electrons. The number of thioether (sulfide) groups is 1. The maximum absolute atomic E-state index is 13.0. The molecule has 2 aromatic heterocycles. The topological polar surface area (TPSA) is 83.3 Å². The van der Waals surface area contributed by atoms with Crippen molar-refractivity contribution >= 4 is 34.9 Å². The Kier molecular flexibility index (Phi) is 7.62. The van der Waals surface area contributed by atoms with Crippen LogP contribution in [0.1, 0.15) is 35.6 Å². The molecule has 0 saturated heterocycles. The molecule has 3 rings (SSSR count). The van der Waals surface area contributed by atoms with Crippen molar-refractivity contribution in [3.05, 3.63) is 52.8 Å². The molecular formula is C21H21F2N3O4S2. The molecule has 0 spiro atoms. The molecule has 170 valence electrons. The van der Waals surface area contributed by atoms with Gasteiger partial charge in [-0.25, -0.2) is 0 Å². The summed E-state index contributed by atoms with van der Waals surface area (Å²) in [6.07, 6.45) is -0.976. The van der Waals surface area contributed by atoms with Crippen molar-refractivity contribution in [1.29, 1.82) is 0 Å². The van der Waals surface area contributed by atoms with Crippen LogP contribution in [0.25, 0.3) is 5.69 Å². The van der Waals surface area contributed by atoms with Gasteiger partial charge in [-0.15, -0.1) is 10.2 Å². The third-order valence-corrected chi connectivity index (χ3v) is 6.52. The first-order valence-electron chi connectivity index (χ1n) is 9.59. The number of Topliss-reactive ketones (excluding diaryl/α,β-unsaturated/α-hetero) is 1. The first-order valence-corrected chi connectivity index (χ1v) is 11.3. The maximum atomic E-state index is 13.0. The van der Waals surface area contributed by atoms with Gasteiger partial charge in [0, 0.05) is 22.6 Å². The number of alkyl halides is 2. The van der Waals surface area contributed by atoms with E-state index in [-0.39, 0.29) is 11.5 Å². The van der Waals surface area contributed by atoms with Crippen LogP contribution in [0.2, 0.25) is 0 Å². The lowest BCUT2D eigenvalue weighted by molar-refractivity contribution is -0.145. The van der Waals surface area contributed by atoms with Crippen LogP contribution in [0, 0.1) is 13.8 Å². The van der Waals surface area contributed by atoms with E-state index in [1.807, 2.05) is 11.5 Å². The van der Waals surface area contributed by atoms with Crippen molar-refractivity contribution in [1.82, 2.24) is 14.8 Å². The lowest BCUT2D eigenvalue weighted by Gasteiger charge is -2.15. The van der Waals surface area contributed by atoms with E-state index in [0.29, 0.717) is 21.3 Å². The van der Waals surface area contributed by atoms with Crippen LogP contribution in [-0.4, -0.2) is 44.5 Å². The van der Waals surface area contributed by atoms with Crippen LogP contribution in [0.4, 0.5) is 8.78 Å². The Morgan fingerprint density at radius 1 is 1.16 bits per heavy atom. The summed E-state index contributed by atoms with van der Waals surface area (Å²) in [5.41, 5.74) is 4.09. The molecule has 1 aromatic carbocycles. The minimum atomic E-state index is -2.90. The van der Waals surface area contributed by atoms with Gasteiger partial charge in [-0.3, -0.25) is 9.59 Å². The minimum absolute atomic E-state index is 0.0450. The van der Waals surface area contributed by atoms with Crippen LogP contribution in [-0.2, 0) is 9.53 Å². The highest BCUT2D eigenvalue weighted by Crippen LogP contribution is 2.27. The number of nitrogens with zero attached hydrogens (tertiary/aromatic N) is 3. The Bertz CT molecular complexity index is 1090. The largest absolute Gasteiger partial charge is 0.453 e. The Morgan fingerprint density at radius 3 is 2.44 bits per heavy atom. The van der Waals surface area contributed by atoms with Crippen LogP contribution < -0.4 is 4.74 Å². The normalized spacial score (nSPS) is 13.1. The highest BCUT2D eigenvalue weighted by molar-refractivity contribution is 8.02. The number of hydrogen-bond donors (Lipinski definition) is 0. The average Bonchev–Trinajstić information content (AvgIpc) is 3.35. The summed E-state index contributed by atoms with van der Waals surface area (Å²) in [6.45, 7) is 3.91. The molecule has 3 aromatic rings. The molecular weight excluding hydrogens is 460 g/mol. The fourth-order valence-electron chi connectivity index (χ4n) is 3.14. The predicted octanol–water partition coefficient (Wildman–Crippen LogP) is 4.84. The fourth-order valence-corrected chi connectivity index (χ4v) is 4.75. The summed E-state index contributed by atoms with van der Waals surface area (Å²) in [5.74, 6) is -0.804. The molecule has 2 atom stereocenters. The molecule has 0 N–H and O–H groups in total. The first kappa shape index (κ1) is 23.9. The smallest absolute Gasteiger partial charge is 0.387 e. The third-order valence-electron chi connectivity index (χ3n) is 4.63. The summed E-state index contributed by atoms with van der Waals surface area (Å²) in [7, 11) is 0. The number of ketones is 1. The molecule has 0 amide bonds. The second-order valence-corrected chi connectivity index (χ2v) is 9.32. The Morgan fingerprint density at radius 2 is 1.84 bits per heavy atom. The van der Waals surface area contributed by atoms with E-state index in [1.54, 1.807) is 37.6 Å². The van der Waals surface area contributed by atoms with E-state index in [4.69, 9.17) is 4.74 Å². The van der Waals surface area contributed by atoms with Gasteiger partial charge in [0.25, 0.3) is 0 Å². The summed E-state index contributed by atoms with van der Waals surface area (Å²) < 4.78 is 37.0. The minimum Gasteiger partial charge on any atom is -0.453 e. The van der Waals surface area contributed by atoms with Crippen molar-refractivity contribution in [3.63, 3.8) is 0 Å². The van der Waals surface area contributed by atoms with E-state index in [1.165, 1.54) is 42.2 Å². The monoisotopic (exact) mass is 481 g/mol. The highest BCUT2D eigenvalue weighted by Gasteiger charge is 2.27. The molecule has 2 heterocycles. The second-order valence-electron chi connectivity index (χ2n) is 6.90. The van der Waals surface area contributed by atoms with Crippen LogP contribution >= 0.6 is 23.1 Å². The van der Waals surface area contributed by atoms with Crippen LogP contribution in [0.5, 0.6) is 5.75 Å². The molecule has 0 aliphatic rings. The van der Waals surface area contributed by atoms with E-state index >= 15 is 0 Å². The zero-order valence-electron chi connectivity index (χ0n) is 17.7. The van der Waals surface area contributed by atoms with Gasteiger partial charge >= 0.3 is 12.6 Å². The van der Waals surface area contributed by atoms with Crippen molar-refractivity contribution in [2.24, 2.45) is 0 Å². The molecule has 7 nitrogen and oxygen atoms in total. The number of carbonyl (C=O) groups excluding carboxylic acids is 2. The number of esters is 1. The zero-order valence-corrected chi connectivity index (χ0v) is 19.4. The molecule has 0 aliphatic carbocycles. The average molecular weight is 482 g/mol. The van der Waals surface area contributed by atoms with Gasteiger partial charge in [0.15, 0.2) is 10.4 Å². The Hall–Kier alpha value is -2.79. The number of aromatic nitrogens is 3. The number of ether oxygens (including phenoxy) is 2. The van der Waals surface area contributed by atoms with E-state index in [0.717, 1.165) is 5.69 Å². The molecule has 0 fully saturated rings. The van der Waals surface area contributed by atoms with Gasteiger partial charge < -0.3 is 14.0 Å². The molecule has 0 saturated carbocycles. The van der Waals surface area contributed by atoms with Crippen molar-refractivity contribution in [3.8, 4) is 11.4 Å². The number of rotatable bonds is 9. The lowest BCUT2D eigenvalue weighted by Crippen LogP contribution is -2.28. The third kappa shape index (κ3) is 5.52. The standard InChI is InChI=1S/C21H21F2N3O4S2/c1-11-9-17(12(2)26(11)15-5-7-16(8-6-15)30-20(22)23)18(27)13(3)29-19(28)14(4)32-21-25-24-10-31-21/h5-10,13-14,20H,1-4H3/t13-,14+/m1/s1. The number of carbonyl (C=O) groups is 2. The molecule has 11 heteroatoms. The summed E-state index contributed by atoms with van der Waals surface area (Å²) in [6, 6.07) is 7.83. The van der Waals surface area contributed by atoms with E-state index in [9.17, 15) is 18.4 Å². The van der Waals surface area contributed by atoms with Crippen LogP contribution in [0.3, 0.4) is 0 Å². The fraction of sp³-hybridized carbons (Fsp3) is 0.333. The SMILES string of the molecule is Cc1cc(C(=O)[C@@H](C)OC(=O)[C@H](C)Sc2nncs2)c(C)n1-c1ccc(OC(F)F)cc1. The first-order chi connectivity index (χ1) is 15.2. The Balaban J connectivity index is 1.72. The van der Waals surface area contributed by atoms with Gasteiger partial charge in [0.1, 0.15) is 16.5 Å². The van der Waals surface area contributed by atoms with E-state index < -0.39 is 23.9 Å². The highest BCUT2D eigenvalue weighted by atomic mass is 32.2. The van der Waals surface area contributed by atoms with Gasteiger partial charge in [0.2, 0.25) is 5.78 Å². The van der Waals surface area contributed by atoms with Gasteiger partial charge in [-0.1, -0.05) is 23.1 Å². The zero-order chi connectivity index (χ0) is 23.4. The number of halogens is 2. The molecule has 0 unspecified atom stereocenters. The lowest BCUT2D eigenvalue weighted by atomic mass is 10.1. The summed E-state index contributed by atoms with van der Waals surface area (Å²) in [5, 5.41) is 7.06. The Labute approximate surface area is 191 Å². The second kappa shape index (κ2) is 10.2. The molecule has 0 aliphatic heterocycles. The van der Waals surface area contributed by atoms with E-state index in [2.05, 4.69) is 14.9 Å². The predicted molar refractivity (Wildman–Crippen MR) is 117 cm³/mol. The quantitative estimate of drug-likeness (QED) is 0.246. The summed E-state index contributed by atoms with van der Waals surface area (Å²) in [4.78, 5) is 25.4. The van der Waals surface area contributed by atoms with Crippen LogP contribution in [0.15, 0.2) is 40.2 Å². The van der Waals surface area contributed by atoms with Gasteiger partial charge in [-0.2, -0.15) is 8.78 Å². The number of aryl methyl sites for hydroxylation is 1. The van der Waals surface area contributed by atoms with Crippen molar-refractivity contribution < 1.29 is 27.8 Å². The van der Waals surface area contributed by atoms with Crippen molar-refractivity contribution in [2.45, 2.75) is 50.0 Å². The van der Waals surface area contributed by atoms with Gasteiger partial charge in [0.05, 0.1) is 0 Å². The summed E-state index contributed by atoms with van der Waals surface area (Å²) >= 11 is 2.53.